The van der Waals surface area contributed by atoms with Crippen molar-refractivity contribution in [2.45, 2.75) is 38.5 Å². The number of carbonyl (C=O) groups excluding carboxylic acids is 1. The number of rotatable bonds is 5. The molecule has 1 fully saturated rings. The van der Waals surface area contributed by atoms with E-state index in [4.69, 9.17) is 0 Å². The highest BCUT2D eigenvalue weighted by Crippen LogP contribution is 2.29. The average molecular weight is 458 g/mol. The van der Waals surface area contributed by atoms with Gasteiger partial charge in [0, 0.05) is 18.7 Å². The van der Waals surface area contributed by atoms with Crippen molar-refractivity contribution in [3.05, 3.63) is 53.6 Å². The Balaban J connectivity index is 1.51. The van der Waals surface area contributed by atoms with Gasteiger partial charge in [-0.05, 0) is 60.6 Å². The molecule has 8 heteroatoms. The Bertz CT molecular complexity index is 1190. The minimum absolute atomic E-state index is 0.220. The number of aryl methyl sites for hydroxylation is 1. The fourth-order valence-corrected chi connectivity index (χ4v) is 6.83. The number of sulfonamides is 1. The highest BCUT2D eigenvalue weighted by Gasteiger charge is 2.31. The van der Waals surface area contributed by atoms with Crippen LogP contribution >= 0.6 is 11.3 Å². The first-order valence-electron chi connectivity index (χ1n) is 10.6. The Hall–Kier alpha value is -2.29. The summed E-state index contributed by atoms with van der Waals surface area (Å²) in [6.07, 6.45) is 1.91. The number of benzene rings is 2. The lowest BCUT2D eigenvalue weighted by Crippen LogP contribution is -2.42. The Kier molecular flexibility index (Phi) is 6.14. The number of piperidine rings is 1. The molecule has 1 aliphatic heterocycles. The number of nitrogens with zero attached hydrogens (tertiary/aromatic N) is 2. The van der Waals surface area contributed by atoms with Crippen LogP contribution in [0.3, 0.4) is 0 Å². The largest absolute Gasteiger partial charge is 0.298 e. The number of hydrogen-bond acceptors (Lipinski definition) is 5. The molecule has 0 radical (unpaired) electrons. The fraction of sp³-hybridized carbons (Fsp3) is 0.391. The van der Waals surface area contributed by atoms with Gasteiger partial charge in [-0.25, -0.2) is 13.4 Å². The fourth-order valence-electron chi connectivity index (χ4n) is 4.24. The van der Waals surface area contributed by atoms with Gasteiger partial charge >= 0.3 is 0 Å². The van der Waals surface area contributed by atoms with Crippen molar-refractivity contribution in [3.8, 4) is 0 Å². The Morgan fingerprint density at radius 2 is 1.81 bits per heavy atom. The highest BCUT2D eigenvalue weighted by atomic mass is 32.2. The monoisotopic (exact) mass is 457 g/mol. The molecule has 164 valence electrons. The van der Waals surface area contributed by atoms with Crippen molar-refractivity contribution >= 4 is 42.6 Å². The van der Waals surface area contributed by atoms with Gasteiger partial charge in [0.05, 0.1) is 15.1 Å². The number of para-hydroxylation sites is 1. The zero-order valence-corrected chi connectivity index (χ0v) is 19.6. The maximum absolute atomic E-state index is 13.0. The second-order valence-electron chi connectivity index (χ2n) is 8.38. The summed E-state index contributed by atoms with van der Waals surface area (Å²) in [6, 6.07) is 12.2. The van der Waals surface area contributed by atoms with E-state index in [1.807, 2.05) is 18.2 Å². The van der Waals surface area contributed by atoms with Crippen molar-refractivity contribution in [3.63, 3.8) is 0 Å². The first-order chi connectivity index (χ1) is 14.8. The quantitative estimate of drug-likeness (QED) is 0.598. The molecule has 31 heavy (non-hydrogen) atoms. The van der Waals surface area contributed by atoms with E-state index in [0.29, 0.717) is 35.6 Å². The van der Waals surface area contributed by atoms with Crippen LogP contribution in [0.15, 0.2) is 47.4 Å². The molecule has 1 N–H and O–H groups in total. The van der Waals surface area contributed by atoms with Gasteiger partial charge in [-0.3, -0.25) is 10.1 Å². The minimum Gasteiger partial charge on any atom is -0.298 e. The molecule has 1 aromatic heterocycles. The Labute approximate surface area is 187 Å². The first kappa shape index (κ1) is 21.9. The molecule has 2 atom stereocenters. The van der Waals surface area contributed by atoms with Crippen LogP contribution in [-0.4, -0.2) is 36.7 Å². The van der Waals surface area contributed by atoms with Crippen molar-refractivity contribution in [1.29, 1.82) is 0 Å². The third kappa shape index (κ3) is 4.51. The molecule has 6 nitrogen and oxygen atoms in total. The molecular weight excluding hydrogens is 430 g/mol. The van der Waals surface area contributed by atoms with Gasteiger partial charge < -0.3 is 0 Å². The maximum Gasteiger partial charge on any atom is 0.257 e. The predicted molar refractivity (Wildman–Crippen MR) is 125 cm³/mol. The van der Waals surface area contributed by atoms with Crippen LogP contribution < -0.4 is 5.32 Å². The van der Waals surface area contributed by atoms with E-state index < -0.39 is 10.0 Å². The standard InChI is InChI=1S/C23H27N3O3S2/c1-4-17-6-5-7-20-21(17)24-23(30-20)25-22(27)18-8-10-19(11-9-18)31(28,29)26-13-15(2)12-16(3)14-26/h5-11,15-16H,4,12-14H2,1-3H3,(H,24,25,27)/t15-,16-/m0/s1. The van der Waals surface area contributed by atoms with E-state index in [1.54, 1.807) is 16.4 Å². The van der Waals surface area contributed by atoms with Crippen molar-refractivity contribution in [1.82, 2.24) is 9.29 Å². The van der Waals surface area contributed by atoms with Gasteiger partial charge in [-0.1, -0.05) is 44.2 Å². The summed E-state index contributed by atoms with van der Waals surface area (Å²) in [5.74, 6) is 0.373. The highest BCUT2D eigenvalue weighted by molar-refractivity contribution is 7.89. The predicted octanol–water partition coefficient (Wildman–Crippen LogP) is 4.78. The number of fused-ring (bicyclic) bond motifs is 1. The number of amides is 1. The van der Waals surface area contributed by atoms with Crippen LogP contribution in [0.4, 0.5) is 5.13 Å². The molecule has 3 aromatic rings. The second kappa shape index (κ2) is 8.68. The molecule has 0 aliphatic carbocycles. The van der Waals surface area contributed by atoms with Crippen LogP contribution in [0, 0.1) is 11.8 Å². The van der Waals surface area contributed by atoms with Gasteiger partial charge in [-0.2, -0.15) is 4.31 Å². The number of aromatic nitrogens is 1. The second-order valence-corrected chi connectivity index (χ2v) is 11.4. The van der Waals surface area contributed by atoms with E-state index in [2.05, 4.69) is 31.1 Å². The number of nitrogens with one attached hydrogen (secondary N) is 1. The van der Waals surface area contributed by atoms with Crippen molar-refractivity contribution in [2.75, 3.05) is 18.4 Å². The van der Waals surface area contributed by atoms with E-state index in [9.17, 15) is 13.2 Å². The molecular formula is C23H27N3O3S2. The molecule has 1 aliphatic rings. The van der Waals surface area contributed by atoms with Crippen molar-refractivity contribution < 1.29 is 13.2 Å². The van der Waals surface area contributed by atoms with Crippen LogP contribution in [-0.2, 0) is 16.4 Å². The van der Waals surface area contributed by atoms with Crippen LogP contribution in [0.25, 0.3) is 10.2 Å². The Morgan fingerprint density at radius 3 is 2.45 bits per heavy atom. The lowest BCUT2D eigenvalue weighted by Gasteiger charge is -2.34. The summed E-state index contributed by atoms with van der Waals surface area (Å²) >= 11 is 1.43. The third-order valence-corrected chi connectivity index (χ3v) is 8.48. The van der Waals surface area contributed by atoms with Crippen LogP contribution in [0.2, 0.25) is 0 Å². The van der Waals surface area contributed by atoms with Crippen LogP contribution in [0.1, 0.15) is 43.1 Å². The molecule has 0 spiro atoms. The number of carbonyl (C=O) groups is 1. The van der Waals surface area contributed by atoms with Gasteiger partial charge in [0.2, 0.25) is 10.0 Å². The zero-order valence-electron chi connectivity index (χ0n) is 18.0. The van der Waals surface area contributed by atoms with E-state index in [0.717, 1.165) is 28.6 Å². The normalized spacial score (nSPS) is 20.1. The summed E-state index contributed by atoms with van der Waals surface area (Å²) in [5, 5.41) is 3.38. The van der Waals surface area contributed by atoms with Crippen molar-refractivity contribution in [2.24, 2.45) is 11.8 Å². The third-order valence-electron chi connectivity index (χ3n) is 5.69. The summed E-state index contributed by atoms with van der Waals surface area (Å²) in [5.41, 5.74) is 2.45. The smallest absolute Gasteiger partial charge is 0.257 e. The van der Waals surface area contributed by atoms with Crippen LogP contribution in [0.5, 0.6) is 0 Å². The number of anilines is 1. The van der Waals surface area contributed by atoms with E-state index in [1.165, 1.54) is 23.5 Å². The zero-order chi connectivity index (χ0) is 22.2. The number of thiazole rings is 1. The SMILES string of the molecule is CCc1cccc2sc(NC(=O)c3ccc(S(=O)(=O)N4C[C@@H](C)C[C@H](C)C4)cc3)nc12. The first-order valence-corrected chi connectivity index (χ1v) is 12.8. The molecule has 2 heterocycles. The summed E-state index contributed by atoms with van der Waals surface area (Å²) < 4.78 is 28.6. The van der Waals surface area contributed by atoms with Gasteiger partial charge in [0.1, 0.15) is 0 Å². The summed E-state index contributed by atoms with van der Waals surface area (Å²) in [4.78, 5) is 17.5. The minimum atomic E-state index is -3.56. The molecule has 0 saturated carbocycles. The summed E-state index contributed by atoms with van der Waals surface area (Å²) in [7, 11) is -3.56. The molecule has 2 aromatic carbocycles. The van der Waals surface area contributed by atoms with E-state index in [-0.39, 0.29) is 10.8 Å². The lowest BCUT2D eigenvalue weighted by atomic mass is 9.94. The van der Waals surface area contributed by atoms with Gasteiger partial charge in [-0.15, -0.1) is 0 Å². The van der Waals surface area contributed by atoms with E-state index >= 15 is 0 Å². The topological polar surface area (TPSA) is 79.4 Å². The average Bonchev–Trinajstić information content (AvgIpc) is 3.15. The Morgan fingerprint density at radius 1 is 1.13 bits per heavy atom. The molecule has 1 amide bonds. The molecule has 4 rings (SSSR count). The van der Waals surface area contributed by atoms with Gasteiger partial charge in [0.15, 0.2) is 5.13 Å². The molecule has 1 saturated heterocycles. The maximum atomic E-state index is 13.0. The van der Waals surface area contributed by atoms with Gasteiger partial charge in [0.25, 0.3) is 5.91 Å². The molecule has 0 unspecified atom stereocenters. The number of hydrogen-bond donors (Lipinski definition) is 1. The molecule has 0 bridgehead atoms. The summed E-state index contributed by atoms with van der Waals surface area (Å²) in [6.45, 7) is 7.31. The lowest BCUT2D eigenvalue weighted by molar-refractivity contribution is 0.102.